The van der Waals surface area contributed by atoms with Crippen molar-refractivity contribution in [2.45, 2.75) is 39.5 Å². The molecule has 1 aromatic carbocycles. The minimum atomic E-state index is -0.0823. The van der Waals surface area contributed by atoms with Gasteiger partial charge in [0.15, 0.2) is 5.82 Å². The fourth-order valence-corrected chi connectivity index (χ4v) is 2.30. The maximum absolute atomic E-state index is 5.96. The number of nitrogens with zero attached hydrogens (tertiary/aromatic N) is 3. The molecule has 20 heavy (non-hydrogen) atoms. The van der Waals surface area contributed by atoms with Crippen molar-refractivity contribution in [1.29, 1.82) is 0 Å². The highest BCUT2D eigenvalue weighted by Gasteiger charge is 2.12. The smallest absolute Gasteiger partial charge is 0.165 e. The van der Waals surface area contributed by atoms with E-state index in [1.54, 1.807) is 6.33 Å². The topological polar surface area (TPSA) is 66.0 Å². The molecule has 1 atom stereocenters. The number of ether oxygens (including phenoxy) is 1. The lowest BCUT2D eigenvalue weighted by Gasteiger charge is -2.15. The Labute approximate surface area is 127 Å². The van der Waals surface area contributed by atoms with E-state index in [1.165, 1.54) is 0 Å². The molecule has 2 aromatic rings. The van der Waals surface area contributed by atoms with Gasteiger partial charge >= 0.3 is 0 Å². The molecule has 1 aromatic heterocycles. The van der Waals surface area contributed by atoms with Crippen LogP contribution in [0.2, 0.25) is 0 Å². The Hall–Kier alpha value is -1.40. The summed E-state index contributed by atoms with van der Waals surface area (Å²) in [6.45, 7) is 6.43. The molecule has 0 saturated heterocycles. The molecule has 0 fully saturated rings. The molecular formula is C14H19BrN4O. The van der Waals surface area contributed by atoms with E-state index in [9.17, 15) is 0 Å². The molecule has 2 N–H and O–H groups in total. The van der Waals surface area contributed by atoms with Crippen LogP contribution in [-0.4, -0.2) is 14.8 Å². The SMILES string of the molecule is CC(C)n1ncnc1COc1cc(Br)ccc1[C@@H](C)N. The van der Waals surface area contributed by atoms with Crippen molar-refractivity contribution in [3.05, 3.63) is 40.4 Å². The molecular weight excluding hydrogens is 320 g/mol. The monoisotopic (exact) mass is 338 g/mol. The normalized spacial score (nSPS) is 12.7. The van der Waals surface area contributed by atoms with Crippen LogP contribution in [-0.2, 0) is 6.61 Å². The van der Waals surface area contributed by atoms with E-state index in [2.05, 4.69) is 39.9 Å². The Bertz CT molecular complexity index is 580. The maximum atomic E-state index is 5.96. The van der Waals surface area contributed by atoms with E-state index in [0.717, 1.165) is 21.6 Å². The zero-order chi connectivity index (χ0) is 14.7. The highest BCUT2D eigenvalue weighted by Crippen LogP contribution is 2.28. The van der Waals surface area contributed by atoms with Crippen molar-refractivity contribution in [3.8, 4) is 5.75 Å². The Kier molecular flexibility index (Phi) is 4.77. The minimum absolute atomic E-state index is 0.0823. The van der Waals surface area contributed by atoms with Crippen LogP contribution in [0.4, 0.5) is 0 Å². The molecule has 0 radical (unpaired) electrons. The van der Waals surface area contributed by atoms with Crippen LogP contribution >= 0.6 is 15.9 Å². The molecule has 0 aliphatic rings. The molecule has 2 rings (SSSR count). The van der Waals surface area contributed by atoms with Gasteiger partial charge in [-0.1, -0.05) is 22.0 Å². The van der Waals surface area contributed by atoms with Crippen LogP contribution in [0.5, 0.6) is 5.75 Å². The summed E-state index contributed by atoms with van der Waals surface area (Å²) < 4.78 is 8.69. The van der Waals surface area contributed by atoms with E-state index in [-0.39, 0.29) is 12.1 Å². The van der Waals surface area contributed by atoms with E-state index in [4.69, 9.17) is 10.5 Å². The van der Waals surface area contributed by atoms with Crippen molar-refractivity contribution in [2.24, 2.45) is 5.73 Å². The number of hydrogen-bond acceptors (Lipinski definition) is 4. The lowest BCUT2D eigenvalue weighted by Crippen LogP contribution is -2.12. The lowest BCUT2D eigenvalue weighted by molar-refractivity contribution is 0.278. The summed E-state index contributed by atoms with van der Waals surface area (Å²) in [6.07, 6.45) is 1.55. The van der Waals surface area contributed by atoms with Gasteiger partial charge in [-0.3, -0.25) is 0 Å². The van der Waals surface area contributed by atoms with E-state index < -0.39 is 0 Å². The van der Waals surface area contributed by atoms with E-state index >= 15 is 0 Å². The van der Waals surface area contributed by atoms with Gasteiger partial charge in [0.05, 0.1) is 0 Å². The third-order valence-corrected chi connectivity index (χ3v) is 3.45. The molecule has 5 nitrogen and oxygen atoms in total. The fraction of sp³-hybridized carbons (Fsp3) is 0.429. The predicted molar refractivity (Wildman–Crippen MR) is 81.5 cm³/mol. The van der Waals surface area contributed by atoms with Crippen LogP contribution in [0.25, 0.3) is 0 Å². The van der Waals surface area contributed by atoms with Gasteiger partial charge in [0.1, 0.15) is 18.7 Å². The summed E-state index contributed by atoms with van der Waals surface area (Å²) in [7, 11) is 0. The summed E-state index contributed by atoms with van der Waals surface area (Å²) in [6, 6.07) is 6.03. The van der Waals surface area contributed by atoms with Gasteiger partial charge in [-0.05, 0) is 32.9 Å². The van der Waals surface area contributed by atoms with Gasteiger partial charge in [0.2, 0.25) is 0 Å². The Morgan fingerprint density at radius 1 is 1.35 bits per heavy atom. The number of nitrogens with two attached hydrogens (primary N) is 1. The third kappa shape index (κ3) is 3.37. The van der Waals surface area contributed by atoms with Gasteiger partial charge in [-0.25, -0.2) is 9.67 Å². The number of rotatable bonds is 5. The number of hydrogen-bond donors (Lipinski definition) is 1. The van der Waals surface area contributed by atoms with Crippen LogP contribution in [0, 0.1) is 0 Å². The second-order valence-corrected chi connectivity index (χ2v) is 5.89. The van der Waals surface area contributed by atoms with Crippen molar-refractivity contribution in [3.63, 3.8) is 0 Å². The van der Waals surface area contributed by atoms with Gasteiger partial charge < -0.3 is 10.5 Å². The zero-order valence-electron chi connectivity index (χ0n) is 11.9. The van der Waals surface area contributed by atoms with Gasteiger partial charge in [0, 0.05) is 22.1 Å². The molecule has 0 aliphatic heterocycles. The predicted octanol–water partition coefficient (Wildman–Crippen LogP) is 3.22. The van der Waals surface area contributed by atoms with Crippen molar-refractivity contribution in [2.75, 3.05) is 0 Å². The quantitative estimate of drug-likeness (QED) is 0.908. The van der Waals surface area contributed by atoms with Crippen LogP contribution < -0.4 is 10.5 Å². The summed E-state index contributed by atoms with van der Waals surface area (Å²) in [5.74, 6) is 1.57. The van der Waals surface area contributed by atoms with E-state index in [1.807, 2.05) is 29.8 Å². The second kappa shape index (κ2) is 6.37. The first-order chi connectivity index (χ1) is 9.49. The van der Waals surface area contributed by atoms with Gasteiger partial charge in [-0.2, -0.15) is 5.10 Å². The summed E-state index contributed by atoms with van der Waals surface area (Å²) in [5.41, 5.74) is 6.94. The molecule has 0 saturated carbocycles. The molecule has 6 heteroatoms. The highest BCUT2D eigenvalue weighted by molar-refractivity contribution is 9.10. The summed E-state index contributed by atoms with van der Waals surface area (Å²) >= 11 is 3.45. The molecule has 0 amide bonds. The molecule has 1 heterocycles. The second-order valence-electron chi connectivity index (χ2n) is 4.97. The largest absolute Gasteiger partial charge is 0.485 e. The first-order valence-corrected chi connectivity index (χ1v) is 7.34. The molecule has 0 aliphatic carbocycles. The lowest BCUT2D eigenvalue weighted by atomic mass is 10.1. The van der Waals surface area contributed by atoms with Crippen LogP contribution in [0.15, 0.2) is 29.0 Å². The van der Waals surface area contributed by atoms with Crippen molar-refractivity contribution < 1.29 is 4.74 Å². The molecule has 108 valence electrons. The number of benzene rings is 1. The number of aromatic nitrogens is 3. The number of halogens is 1. The summed E-state index contributed by atoms with van der Waals surface area (Å²) in [5, 5.41) is 4.19. The summed E-state index contributed by atoms with van der Waals surface area (Å²) in [4.78, 5) is 4.23. The maximum Gasteiger partial charge on any atom is 0.165 e. The van der Waals surface area contributed by atoms with Crippen LogP contribution in [0.3, 0.4) is 0 Å². The highest BCUT2D eigenvalue weighted by atomic mass is 79.9. The van der Waals surface area contributed by atoms with Crippen molar-refractivity contribution >= 4 is 15.9 Å². The fourth-order valence-electron chi connectivity index (χ4n) is 1.96. The first kappa shape index (κ1) is 15.0. The molecule has 0 spiro atoms. The third-order valence-electron chi connectivity index (χ3n) is 2.96. The Morgan fingerprint density at radius 3 is 2.75 bits per heavy atom. The first-order valence-electron chi connectivity index (χ1n) is 6.55. The van der Waals surface area contributed by atoms with Crippen LogP contribution in [0.1, 0.15) is 44.2 Å². The van der Waals surface area contributed by atoms with Gasteiger partial charge in [-0.15, -0.1) is 0 Å². The average molecular weight is 339 g/mol. The average Bonchev–Trinajstić information content (AvgIpc) is 2.84. The minimum Gasteiger partial charge on any atom is -0.485 e. The Balaban J connectivity index is 2.18. The van der Waals surface area contributed by atoms with Crippen molar-refractivity contribution in [1.82, 2.24) is 14.8 Å². The molecule has 0 unspecified atom stereocenters. The van der Waals surface area contributed by atoms with E-state index in [0.29, 0.717) is 6.61 Å². The van der Waals surface area contributed by atoms with Gasteiger partial charge in [0.25, 0.3) is 0 Å². The standard InChI is InChI=1S/C14H19BrN4O/c1-9(2)19-14(17-8-18-19)7-20-13-6-11(15)4-5-12(13)10(3)16/h4-6,8-10H,7,16H2,1-3H3/t10-/m1/s1. The zero-order valence-corrected chi connectivity index (χ0v) is 13.5. The Morgan fingerprint density at radius 2 is 2.10 bits per heavy atom. The molecule has 0 bridgehead atoms.